The van der Waals surface area contributed by atoms with Gasteiger partial charge in [0, 0.05) is 6.08 Å². The summed E-state index contributed by atoms with van der Waals surface area (Å²) in [5.41, 5.74) is -0.585. The lowest BCUT2D eigenvalue weighted by Crippen LogP contribution is -2.30. The largest absolute Gasteiger partial charge is 0.449 e. The first-order valence-corrected chi connectivity index (χ1v) is 9.09. The molecule has 0 saturated carbocycles. The molecule has 1 atom stereocenters. The number of hydrogen-bond acceptors (Lipinski definition) is 3. The first-order chi connectivity index (χ1) is 14.3. The lowest BCUT2D eigenvalue weighted by atomic mass is 10.0. The van der Waals surface area contributed by atoms with Crippen molar-refractivity contribution < 1.29 is 27.5 Å². The second kappa shape index (κ2) is 8.82. The molecule has 4 nitrogen and oxygen atoms in total. The molecule has 1 N–H and O–H groups in total. The lowest BCUT2D eigenvalue weighted by Gasteiger charge is -2.16. The Bertz CT molecular complexity index is 1100. The van der Waals surface area contributed by atoms with Crippen molar-refractivity contribution in [2.24, 2.45) is 0 Å². The highest BCUT2D eigenvalue weighted by Crippen LogP contribution is 2.34. The standard InChI is InChI=1S/C23H18F3NO3/c1-15(22(29)27-20-12-5-4-11-19(20)23(24,25)26)30-21(28)14-13-17-9-6-8-16-7-2-3-10-18(16)17/h2-15H,1H3,(H,27,29)/b14-13+/t15-/m0/s1. The number of carbonyl (C=O) groups excluding carboxylic acids is 2. The van der Waals surface area contributed by atoms with Crippen LogP contribution in [0.1, 0.15) is 18.1 Å². The first kappa shape index (κ1) is 21.1. The summed E-state index contributed by atoms with van der Waals surface area (Å²) in [5.74, 6) is -1.65. The van der Waals surface area contributed by atoms with Crippen LogP contribution in [-0.2, 0) is 20.5 Å². The van der Waals surface area contributed by atoms with E-state index < -0.39 is 35.4 Å². The number of anilines is 1. The van der Waals surface area contributed by atoms with Crippen LogP contribution in [-0.4, -0.2) is 18.0 Å². The Kier molecular flexibility index (Phi) is 6.20. The number of esters is 1. The van der Waals surface area contributed by atoms with Crippen molar-refractivity contribution in [3.05, 3.63) is 83.9 Å². The van der Waals surface area contributed by atoms with E-state index in [0.717, 1.165) is 28.5 Å². The zero-order valence-electron chi connectivity index (χ0n) is 15.9. The van der Waals surface area contributed by atoms with Gasteiger partial charge >= 0.3 is 12.1 Å². The van der Waals surface area contributed by atoms with Gasteiger partial charge in [-0.15, -0.1) is 0 Å². The Hall–Kier alpha value is -3.61. The van der Waals surface area contributed by atoms with E-state index in [-0.39, 0.29) is 0 Å². The van der Waals surface area contributed by atoms with Gasteiger partial charge in [-0.25, -0.2) is 4.79 Å². The van der Waals surface area contributed by atoms with E-state index >= 15 is 0 Å². The molecule has 0 heterocycles. The quantitative estimate of drug-likeness (QED) is 0.448. The minimum absolute atomic E-state index is 0.399. The minimum atomic E-state index is -4.62. The Balaban J connectivity index is 1.66. The summed E-state index contributed by atoms with van der Waals surface area (Å²) in [6.07, 6.45) is -3.16. The van der Waals surface area contributed by atoms with Crippen molar-refractivity contribution in [2.45, 2.75) is 19.2 Å². The van der Waals surface area contributed by atoms with Crippen molar-refractivity contribution >= 4 is 34.4 Å². The topological polar surface area (TPSA) is 55.4 Å². The number of rotatable bonds is 5. The highest BCUT2D eigenvalue weighted by atomic mass is 19.4. The van der Waals surface area contributed by atoms with Gasteiger partial charge in [-0.2, -0.15) is 13.2 Å². The average Bonchev–Trinajstić information content (AvgIpc) is 2.71. The van der Waals surface area contributed by atoms with E-state index in [1.165, 1.54) is 25.1 Å². The second-order valence-corrected chi connectivity index (χ2v) is 6.51. The third-order valence-corrected chi connectivity index (χ3v) is 4.37. The zero-order valence-corrected chi connectivity index (χ0v) is 15.9. The maximum atomic E-state index is 13.0. The number of hydrogen-bond donors (Lipinski definition) is 1. The molecule has 3 aromatic rings. The number of halogens is 3. The molecule has 0 unspecified atom stereocenters. The molecule has 0 aliphatic carbocycles. The fourth-order valence-electron chi connectivity index (χ4n) is 2.89. The Morgan fingerprint density at radius 1 is 0.967 bits per heavy atom. The predicted molar refractivity (Wildman–Crippen MR) is 109 cm³/mol. The van der Waals surface area contributed by atoms with Crippen LogP contribution in [0.25, 0.3) is 16.8 Å². The number of fused-ring (bicyclic) bond motifs is 1. The molecule has 0 fully saturated rings. The van der Waals surface area contributed by atoms with Gasteiger partial charge < -0.3 is 10.1 Å². The molecule has 0 saturated heterocycles. The Morgan fingerprint density at radius 2 is 1.63 bits per heavy atom. The fourth-order valence-corrected chi connectivity index (χ4v) is 2.89. The molecule has 7 heteroatoms. The number of amides is 1. The summed E-state index contributed by atoms with van der Waals surface area (Å²) in [6.45, 7) is 1.29. The third-order valence-electron chi connectivity index (χ3n) is 4.37. The van der Waals surface area contributed by atoms with E-state index in [1.807, 2.05) is 42.5 Å². The molecular formula is C23H18F3NO3. The maximum absolute atomic E-state index is 13.0. The molecule has 0 aliphatic rings. The van der Waals surface area contributed by atoms with E-state index in [2.05, 4.69) is 5.32 Å². The maximum Gasteiger partial charge on any atom is 0.418 e. The van der Waals surface area contributed by atoms with Crippen molar-refractivity contribution in [2.75, 3.05) is 5.32 Å². The van der Waals surface area contributed by atoms with Crippen LogP contribution in [0.2, 0.25) is 0 Å². The van der Waals surface area contributed by atoms with Crippen LogP contribution in [0.15, 0.2) is 72.8 Å². The Morgan fingerprint density at radius 3 is 2.40 bits per heavy atom. The van der Waals surface area contributed by atoms with Gasteiger partial charge in [0.1, 0.15) is 0 Å². The second-order valence-electron chi connectivity index (χ2n) is 6.51. The number of ether oxygens (including phenoxy) is 1. The third kappa shape index (κ3) is 5.05. The van der Waals surface area contributed by atoms with Gasteiger partial charge in [-0.3, -0.25) is 4.79 Å². The van der Waals surface area contributed by atoms with Crippen LogP contribution in [0.4, 0.5) is 18.9 Å². The number of alkyl halides is 3. The van der Waals surface area contributed by atoms with Crippen molar-refractivity contribution in [3.63, 3.8) is 0 Å². The lowest BCUT2D eigenvalue weighted by molar-refractivity contribution is -0.148. The predicted octanol–water partition coefficient (Wildman–Crippen LogP) is 5.44. The highest BCUT2D eigenvalue weighted by Gasteiger charge is 2.34. The van der Waals surface area contributed by atoms with Gasteiger partial charge in [0.25, 0.3) is 5.91 Å². The van der Waals surface area contributed by atoms with Gasteiger partial charge in [-0.05, 0) is 41.5 Å². The summed E-state index contributed by atoms with van der Waals surface area (Å²) in [4.78, 5) is 24.3. The Labute approximate surface area is 171 Å². The van der Waals surface area contributed by atoms with Crippen LogP contribution in [0, 0.1) is 0 Å². The monoisotopic (exact) mass is 413 g/mol. The molecule has 0 aliphatic heterocycles. The van der Waals surface area contributed by atoms with Crippen LogP contribution in [0.5, 0.6) is 0 Å². The molecular weight excluding hydrogens is 395 g/mol. The summed E-state index contributed by atoms with van der Waals surface area (Å²) in [7, 11) is 0. The first-order valence-electron chi connectivity index (χ1n) is 9.09. The zero-order chi connectivity index (χ0) is 21.7. The van der Waals surface area contributed by atoms with E-state index in [1.54, 1.807) is 6.08 Å². The minimum Gasteiger partial charge on any atom is -0.449 e. The molecule has 1 amide bonds. The molecule has 154 valence electrons. The number of benzene rings is 3. The molecule has 30 heavy (non-hydrogen) atoms. The van der Waals surface area contributed by atoms with Crippen LogP contribution >= 0.6 is 0 Å². The SMILES string of the molecule is C[C@H](OC(=O)/C=C/c1cccc2ccccc12)C(=O)Nc1ccccc1C(F)(F)F. The summed E-state index contributed by atoms with van der Waals surface area (Å²) in [5, 5.41) is 4.11. The van der Waals surface area contributed by atoms with Gasteiger partial charge in [0.15, 0.2) is 6.10 Å². The molecule has 0 spiro atoms. The number of carbonyl (C=O) groups is 2. The van der Waals surface area contributed by atoms with Crippen LogP contribution < -0.4 is 5.32 Å². The normalized spacial score (nSPS) is 12.7. The summed E-state index contributed by atoms with van der Waals surface area (Å²) in [6, 6.07) is 17.8. The van der Waals surface area contributed by atoms with Crippen LogP contribution in [0.3, 0.4) is 0 Å². The summed E-state index contributed by atoms with van der Waals surface area (Å²) < 4.78 is 44.1. The highest BCUT2D eigenvalue weighted by molar-refractivity contribution is 5.98. The smallest absolute Gasteiger partial charge is 0.418 e. The van der Waals surface area contributed by atoms with Crippen molar-refractivity contribution in [1.82, 2.24) is 0 Å². The van der Waals surface area contributed by atoms with Gasteiger partial charge in [0.05, 0.1) is 11.3 Å². The van der Waals surface area contributed by atoms with E-state index in [9.17, 15) is 22.8 Å². The van der Waals surface area contributed by atoms with E-state index in [0.29, 0.717) is 0 Å². The fraction of sp³-hybridized carbons (Fsp3) is 0.130. The van der Waals surface area contributed by atoms with Crippen molar-refractivity contribution in [1.29, 1.82) is 0 Å². The molecule has 0 aromatic heterocycles. The molecule has 3 aromatic carbocycles. The van der Waals surface area contributed by atoms with Gasteiger partial charge in [-0.1, -0.05) is 54.6 Å². The summed E-state index contributed by atoms with van der Waals surface area (Å²) >= 11 is 0. The molecule has 0 bridgehead atoms. The number of nitrogens with one attached hydrogen (secondary N) is 1. The van der Waals surface area contributed by atoms with Crippen molar-refractivity contribution in [3.8, 4) is 0 Å². The average molecular weight is 413 g/mol. The number of para-hydroxylation sites is 1. The molecule has 0 radical (unpaired) electrons. The molecule has 3 rings (SSSR count). The van der Waals surface area contributed by atoms with E-state index in [4.69, 9.17) is 4.74 Å². The van der Waals surface area contributed by atoms with Gasteiger partial charge in [0.2, 0.25) is 0 Å².